The molecule has 2 aliphatic rings. The molecule has 0 aromatic carbocycles. The first-order valence-electron chi connectivity index (χ1n) is 4.97. The van der Waals surface area contributed by atoms with Crippen LogP contribution in [-0.4, -0.2) is 13.1 Å². The molecule has 2 rings (SSSR count). The fourth-order valence-electron chi connectivity index (χ4n) is 2.97. The molecule has 0 aromatic heterocycles. The maximum absolute atomic E-state index is 3.43. The lowest BCUT2D eigenvalue weighted by Gasteiger charge is -2.29. The van der Waals surface area contributed by atoms with Crippen LogP contribution in [0.15, 0.2) is 0 Å². The lowest BCUT2D eigenvalue weighted by Crippen LogP contribution is -2.27. The highest BCUT2D eigenvalue weighted by molar-refractivity contribution is 5.10. The Morgan fingerprint density at radius 3 is 2.73 bits per heavy atom. The highest BCUT2D eigenvalue weighted by atomic mass is 15.0. The number of hydrogen-bond donors (Lipinski definition) is 1. The Balaban J connectivity index is 2.01. The lowest BCUT2D eigenvalue weighted by atomic mass is 9.77. The standard InChI is InChI=1S/C10H19N/c1-8-5-3-4-6-10(8)7-9(10)11-2/h8-9,11H,3-7H2,1-2H3. The average molecular weight is 153 g/mol. The summed E-state index contributed by atoms with van der Waals surface area (Å²) < 4.78 is 0. The van der Waals surface area contributed by atoms with Gasteiger partial charge in [0.2, 0.25) is 0 Å². The van der Waals surface area contributed by atoms with Gasteiger partial charge in [0.05, 0.1) is 0 Å². The minimum Gasteiger partial charge on any atom is -0.316 e. The van der Waals surface area contributed by atoms with Crippen LogP contribution in [0.3, 0.4) is 0 Å². The molecule has 2 fully saturated rings. The highest BCUT2D eigenvalue weighted by Crippen LogP contribution is 2.59. The molecule has 2 saturated carbocycles. The summed E-state index contributed by atoms with van der Waals surface area (Å²) in [6.07, 6.45) is 7.35. The van der Waals surface area contributed by atoms with Gasteiger partial charge in [-0.15, -0.1) is 0 Å². The van der Waals surface area contributed by atoms with E-state index in [1.165, 1.54) is 32.1 Å². The second-order valence-electron chi connectivity index (χ2n) is 4.43. The van der Waals surface area contributed by atoms with Crippen molar-refractivity contribution >= 4 is 0 Å². The summed E-state index contributed by atoms with van der Waals surface area (Å²) in [7, 11) is 2.11. The summed E-state index contributed by atoms with van der Waals surface area (Å²) in [4.78, 5) is 0. The predicted molar refractivity (Wildman–Crippen MR) is 47.5 cm³/mol. The van der Waals surface area contributed by atoms with Crippen LogP contribution < -0.4 is 5.32 Å². The maximum Gasteiger partial charge on any atom is 0.0130 e. The Morgan fingerprint density at radius 1 is 1.36 bits per heavy atom. The molecular formula is C10H19N. The second-order valence-corrected chi connectivity index (χ2v) is 4.43. The van der Waals surface area contributed by atoms with Crippen molar-refractivity contribution in [1.29, 1.82) is 0 Å². The molecule has 64 valence electrons. The van der Waals surface area contributed by atoms with Gasteiger partial charge < -0.3 is 5.32 Å². The molecule has 3 atom stereocenters. The molecule has 0 aliphatic heterocycles. The summed E-state index contributed by atoms with van der Waals surface area (Å²) in [6, 6.07) is 0.859. The van der Waals surface area contributed by atoms with Crippen LogP contribution in [0, 0.1) is 11.3 Å². The maximum atomic E-state index is 3.43. The van der Waals surface area contributed by atoms with Crippen molar-refractivity contribution in [2.24, 2.45) is 11.3 Å². The Morgan fingerprint density at radius 2 is 2.18 bits per heavy atom. The van der Waals surface area contributed by atoms with Crippen molar-refractivity contribution < 1.29 is 0 Å². The summed E-state index contributed by atoms with van der Waals surface area (Å²) >= 11 is 0. The SMILES string of the molecule is CNC1CC12CCCCC2C. The minimum atomic E-state index is 0.743. The van der Waals surface area contributed by atoms with E-state index in [1.54, 1.807) is 0 Å². The molecule has 0 saturated heterocycles. The van der Waals surface area contributed by atoms with E-state index in [1.807, 2.05) is 0 Å². The van der Waals surface area contributed by atoms with E-state index in [0.29, 0.717) is 0 Å². The van der Waals surface area contributed by atoms with E-state index in [2.05, 4.69) is 19.3 Å². The van der Waals surface area contributed by atoms with Crippen molar-refractivity contribution in [3.63, 3.8) is 0 Å². The molecule has 1 nitrogen and oxygen atoms in total. The normalized spacial score (nSPS) is 49.6. The average Bonchev–Trinajstić information content (AvgIpc) is 2.72. The van der Waals surface area contributed by atoms with Gasteiger partial charge in [-0.3, -0.25) is 0 Å². The van der Waals surface area contributed by atoms with E-state index in [4.69, 9.17) is 0 Å². The van der Waals surface area contributed by atoms with Crippen LogP contribution >= 0.6 is 0 Å². The van der Waals surface area contributed by atoms with Crippen molar-refractivity contribution in [3.05, 3.63) is 0 Å². The van der Waals surface area contributed by atoms with Crippen LogP contribution in [0.1, 0.15) is 39.0 Å². The smallest absolute Gasteiger partial charge is 0.0130 e. The third-order valence-electron chi connectivity index (χ3n) is 3.98. The Hall–Kier alpha value is -0.0400. The van der Waals surface area contributed by atoms with Gasteiger partial charge >= 0.3 is 0 Å². The molecule has 1 spiro atoms. The predicted octanol–water partition coefficient (Wildman–Crippen LogP) is 2.17. The zero-order chi connectivity index (χ0) is 7.90. The van der Waals surface area contributed by atoms with Crippen molar-refractivity contribution in [2.75, 3.05) is 7.05 Å². The van der Waals surface area contributed by atoms with E-state index >= 15 is 0 Å². The van der Waals surface area contributed by atoms with Gasteiger partial charge in [0, 0.05) is 6.04 Å². The van der Waals surface area contributed by atoms with E-state index in [-0.39, 0.29) is 0 Å². The Kier molecular flexibility index (Phi) is 1.71. The quantitative estimate of drug-likeness (QED) is 0.609. The summed E-state index contributed by atoms with van der Waals surface area (Å²) in [5.41, 5.74) is 0.743. The number of rotatable bonds is 1. The molecule has 1 N–H and O–H groups in total. The van der Waals surface area contributed by atoms with Crippen LogP contribution in [0.5, 0.6) is 0 Å². The first-order chi connectivity index (χ1) is 5.29. The van der Waals surface area contributed by atoms with Crippen molar-refractivity contribution in [3.8, 4) is 0 Å². The van der Waals surface area contributed by atoms with Crippen LogP contribution in [0.4, 0.5) is 0 Å². The van der Waals surface area contributed by atoms with Gasteiger partial charge in [0.25, 0.3) is 0 Å². The summed E-state index contributed by atoms with van der Waals surface area (Å²) in [5.74, 6) is 0.980. The minimum absolute atomic E-state index is 0.743. The molecular weight excluding hydrogens is 134 g/mol. The van der Waals surface area contributed by atoms with E-state index in [0.717, 1.165) is 17.4 Å². The molecule has 0 amide bonds. The number of nitrogens with one attached hydrogen (secondary N) is 1. The van der Waals surface area contributed by atoms with Crippen molar-refractivity contribution in [1.82, 2.24) is 5.32 Å². The second kappa shape index (κ2) is 2.48. The molecule has 1 heteroatoms. The van der Waals surface area contributed by atoms with Gasteiger partial charge in [-0.1, -0.05) is 26.2 Å². The van der Waals surface area contributed by atoms with Crippen molar-refractivity contribution in [2.45, 2.75) is 45.1 Å². The summed E-state index contributed by atoms with van der Waals surface area (Å²) in [5, 5.41) is 3.43. The van der Waals surface area contributed by atoms with Crippen LogP contribution in [0.2, 0.25) is 0 Å². The number of hydrogen-bond acceptors (Lipinski definition) is 1. The molecule has 0 heterocycles. The zero-order valence-corrected chi connectivity index (χ0v) is 7.69. The molecule has 0 aromatic rings. The molecule has 3 unspecified atom stereocenters. The Bertz CT molecular complexity index is 155. The van der Waals surface area contributed by atoms with Crippen LogP contribution in [0.25, 0.3) is 0 Å². The Labute approximate surface area is 69.6 Å². The first-order valence-corrected chi connectivity index (χ1v) is 4.97. The molecule has 2 aliphatic carbocycles. The van der Waals surface area contributed by atoms with E-state index in [9.17, 15) is 0 Å². The zero-order valence-electron chi connectivity index (χ0n) is 7.69. The molecule has 0 bridgehead atoms. The fourth-order valence-corrected chi connectivity index (χ4v) is 2.97. The van der Waals surface area contributed by atoms with Gasteiger partial charge in [-0.05, 0) is 31.2 Å². The van der Waals surface area contributed by atoms with Gasteiger partial charge in [-0.25, -0.2) is 0 Å². The summed E-state index contributed by atoms with van der Waals surface area (Å²) in [6.45, 7) is 2.44. The van der Waals surface area contributed by atoms with Crippen LogP contribution in [-0.2, 0) is 0 Å². The monoisotopic (exact) mass is 153 g/mol. The van der Waals surface area contributed by atoms with Gasteiger partial charge in [0.1, 0.15) is 0 Å². The third-order valence-corrected chi connectivity index (χ3v) is 3.98. The third kappa shape index (κ3) is 1.01. The largest absolute Gasteiger partial charge is 0.316 e. The lowest BCUT2D eigenvalue weighted by molar-refractivity contribution is 0.218. The van der Waals surface area contributed by atoms with Gasteiger partial charge in [0.15, 0.2) is 0 Å². The highest BCUT2D eigenvalue weighted by Gasteiger charge is 2.56. The topological polar surface area (TPSA) is 12.0 Å². The van der Waals surface area contributed by atoms with E-state index < -0.39 is 0 Å². The first kappa shape index (κ1) is 7.60. The fraction of sp³-hybridized carbons (Fsp3) is 1.00. The van der Waals surface area contributed by atoms with Gasteiger partial charge in [-0.2, -0.15) is 0 Å². The molecule has 0 radical (unpaired) electrons. The molecule has 11 heavy (non-hydrogen) atoms.